The fraction of sp³-hybridized carbons (Fsp3) is 0.800. The van der Waals surface area contributed by atoms with Crippen molar-refractivity contribution in [3.63, 3.8) is 0 Å². The van der Waals surface area contributed by atoms with E-state index in [4.69, 9.17) is 4.74 Å². The van der Waals surface area contributed by atoms with Gasteiger partial charge in [0.05, 0.1) is 0 Å². The van der Waals surface area contributed by atoms with E-state index in [1.807, 2.05) is 11.2 Å². The normalized spacial score (nSPS) is 23.5. The number of carbonyl (C=O) groups excluding carboxylic acids is 1. The van der Waals surface area contributed by atoms with Crippen LogP contribution >= 0.6 is 0 Å². The van der Waals surface area contributed by atoms with E-state index in [1.54, 1.807) is 7.11 Å². The fourth-order valence-corrected chi connectivity index (χ4v) is 3.81. The summed E-state index contributed by atoms with van der Waals surface area (Å²) in [6.45, 7) is 4.88. The highest BCUT2D eigenvalue weighted by Gasteiger charge is 2.53. The minimum Gasteiger partial charge on any atom is -0.375 e. The Kier molecular flexibility index (Phi) is 3.97. The Hall–Kier alpha value is -1.43. The van der Waals surface area contributed by atoms with Gasteiger partial charge in [-0.15, -0.1) is 10.2 Å². The molecule has 1 spiro atoms. The van der Waals surface area contributed by atoms with E-state index in [0.717, 1.165) is 31.9 Å². The van der Waals surface area contributed by atoms with Gasteiger partial charge in [-0.1, -0.05) is 13.3 Å². The zero-order valence-electron chi connectivity index (χ0n) is 12.9. The summed E-state index contributed by atoms with van der Waals surface area (Å²) in [5, 5.41) is 8.48. The quantitative estimate of drug-likeness (QED) is 0.824. The molecule has 6 heteroatoms. The second kappa shape index (κ2) is 5.75. The number of carbonyl (C=O) groups is 1. The molecule has 1 saturated heterocycles. The van der Waals surface area contributed by atoms with E-state index in [1.165, 1.54) is 19.3 Å². The summed E-state index contributed by atoms with van der Waals surface area (Å²) in [6, 6.07) is 0. The predicted molar refractivity (Wildman–Crippen MR) is 77.8 cm³/mol. The molecule has 2 heterocycles. The van der Waals surface area contributed by atoms with Crippen molar-refractivity contribution < 1.29 is 9.53 Å². The molecule has 2 aliphatic rings. The molecule has 1 aliphatic carbocycles. The molecule has 116 valence electrons. The highest BCUT2D eigenvalue weighted by atomic mass is 16.5. The minimum absolute atomic E-state index is 0.0906. The lowest BCUT2D eigenvalue weighted by molar-refractivity contribution is -0.134. The Bertz CT molecular complexity index is 510. The largest absolute Gasteiger partial charge is 0.375 e. The number of methoxy groups -OCH3 is 1. The smallest absolute Gasteiger partial charge is 0.248 e. The van der Waals surface area contributed by atoms with E-state index in [0.29, 0.717) is 5.92 Å². The Morgan fingerprint density at radius 1 is 1.52 bits per heavy atom. The Balaban J connectivity index is 1.83. The molecule has 21 heavy (non-hydrogen) atoms. The van der Waals surface area contributed by atoms with Gasteiger partial charge in [0.2, 0.25) is 5.91 Å². The lowest BCUT2D eigenvalue weighted by Crippen LogP contribution is -2.39. The van der Waals surface area contributed by atoms with Crippen molar-refractivity contribution >= 4 is 5.91 Å². The van der Waals surface area contributed by atoms with Gasteiger partial charge in [0.15, 0.2) is 0 Å². The van der Waals surface area contributed by atoms with Crippen molar-refractivity contribution in [2.75, 3.05) is 26.8 Å². The highest BCUT2D eigenvalue weighted by Crippen LogP contribution is 2.55. The number of ether oxygens (including phenoxy) is 1. The summed E-state index contributed by atoms with van der Waals surface area (Å²) in [4.78, 5) is 14.1. The van der Waals surface area contributed by atoms with Crippen LogP contribution in [0, 0.1) is 5.41 Å². The van der Waals surface area contributed by atoms with Crippen LogP contribution in [-0.4, -0.2) is 52.4 Å². The molecule has 2 fully saturated rings. The van der Waals surface area contributed by atoms with Gasteiger partial charge in [-0.25, -0.2) is 0 Å². The summed E-state index contributed by atoms with van der Waals surface area (Å²) in [7, 11) is 1.57. The van der Waals surface area contributed by atoms with Crippen molar-refractivity contribution in [2.24, 2.45) is 5.41 Å². The van der Waals surface area contributed by atoms with Gasteiger partial charge in [-0.2, -0.15) is 0 Å². The summed E-state index contributed by atoms with van der Waals surface area (Å²) in [5.41, 5.74) is 0.224. The molecular weight excluding hydrogens is 268 g/mol. The van der Waals surface area contributed by atoms with Crippen molar-refractivity contribution in [3.8, 4) is 0 Å². The summed E-state index contributed by atoms with van der Waals surface area (Å²) < 4.78 is 7.16. The summed E-state index contributed by atoms with van der Waals surface area (Å²) in [5.74, 6) is 1.47. The average Bonchev–Trinajstić information content (AvgIpc) is 3.02. The lowest BCUT2D eigenvalue weighted by atomic mass is 9.62. The van der Waals surface area contributed by atoms with Crippen LogP contribution < -0.4 is 0 Å². The second-order valence-electron chi connectivity index (χ2n) is 6.36. The molecule has 0 bridgehead atoms. The number of rotatable bonds is 5. The van der Waals surface area contributed by atoms with Crippen LogP contribution in [0.15, 0.2) is 6.33 Å². The van der Waals surface area contributed by atoms with Crippen LogP contribution in [0.2, 0.25) is 0 Å². The van der Waals surface area contributed by atoms with Crippen molar-refractivity contribution in [2.45, 2.75) is 45.1 Å². The topological polar surface area (TPSA) is 60.2 Å². The van der Waals surface area contributed by atoms with Gasteiger partial charge in [-0.3, -0.25) is 4.79 Å². The van der Waals surface area contributed by atoms with Gasteiger partial charge in [0, 0.05) is 32.7 Å². The first-order valence-corrected chi connectivity index (χ1v) is 7.84. The van der Waals surface area contributed by atoms with Crippen LogP contribution in [0.5, 0.6) is 0 Å². The number of hydrogen-bond donors (Lipinski definition) is 0. The molecule has 1 amide bonds. The first kappa shape index (κ1) is 14.5. The molecule has 0 N–H and O–H groups in total. The van der Waals surface area contributed by atoms with Crippen LogP contribution in [0.25, 0.3) is 0 Å². The molecule has 0 radical (unpaired) electrons. The van der Waals surface area contributed by atoms with E-state index < -0.39 is 0 Å². The zero-order chi connectivity index (χ0) is 14.9. The maximum absolute atomic E-state index is 12.2. The first-order chi connectivity index (χ1) is 10.2. The number of aromatic nitrogens is 3. The number of hydrogen-bond acceptors (Lipinski definition) is 4. The molecule has 1 aromatic heterocycles. The highest BCUT2D eigenvalue weighted by molar-refractivity contribution is 5.78. The lowest BCUT2D eigenvalue weighted by Gasteiger charge is -2.42. The SMILES string of the molecule is CCCn1cnnc1C1CN(C(=O)COC)CC12CCC2. The molecule has 6 nitrogen and oxygen atoms in total. The van der Waals surface area contributed by atoms with Gasteiger partial charge in [-0.05, 0) is 24.7 Å². The molecule has 1 atom stereocenters. The van der Waals surface area contributed by atoms with E-state index in [2.05, 4.69) is 21.7 Å². The number of likely N-dealkylation sites (tertiary alicyclic amines) is 1. The minimum atomic E-state index is 0.0906. The Morgan fingerprint density at radius 2 is 2.33 bits per heavy atom. The molecule has 1 unspecified atom stereocenters. The Labute approximate surface area is 125 Å². The number of nitrogens with zero attached hydrogens (tertiary/aromatic N) is 4. The van der Waals surface area contributed by atoms with Gasteiger partial charge < -0.3 is 14.2 Å². The summed E-state index contributed by atoms with van der Waals surface area (Å²) >= 11 is 0. The molecule has 1 aromatic rings. The van der Waals surface area contributed by atoms with Gasteiger partial charge >= 0.3 is 0 Å². The van der Waals surface area contributed by atoms with Gasteiger partial charge in [0.1, 0.15) is 18.8 Å². The van der Waals surface area contributed by atoms with Gasteiger partial charge in [0.25, 0.3) is 0 Å². The van der Waals surface area contributed by atoms with E-state index in [-0.39, 0.29) is 17.9 Å². The first-order valence-electron chi connectivity index (χ1n) is 7.84. The molecule has 1 saturated carbocycles. The van der Waals surface area contributed by atoms with E-state index in [9.17, 15) is 4.79 Å². The van der Waals surface area contributed by atoms with Crippen molar-refractivity contribution in [1.82, 2.24) is 19.7 Å². The fourth-order valence-electron chi connectivity index (χ4n) is 3.81. The molecule has 1 aliphatic heterocycles. The number of amides is 1. The predicted octanol–water partition coefficient (Wildman–Crippen LogP) is 1.43. The van der Waals surface area contributed by atoms with Crippen molar-refractivity contribution in [1.29, 1.82) is 0 Å². The third-order valence-corrected chi connectivity index (χ3v) is 5.04. The average molecular weight is 292 g/mol. The van der Waals surface area contributed by atoms with Crippen LogP contribution in [-0.2, 0) is 16.1 Å². The van der Waals surface area contributed by atoms with Crippen molar-refractivity contribution in [3.05, 3.63) is 12.2 Å². The summed E-state index contributed by atoms with van der Waals surface area (Å²) in [6.07, 6.45) is 6.52. The zero-order valence-corrected chi connectivity index (χ0v) is 12.9. The van der Waals surface area contributed by atoms with E-state index >= 15 is 0 Å². The monoisotopic (exact) mass is 292 g/mol. The maximum atomic E-state index is 12.2. The standard InChI is InChI=1S/C15H24N4O2/c1-3-7-18-11-16-17-14(18)12-8-19(13(20)9-21-2)10-15(12)5-4-6-15/h11-12H,3-10H2,1-2H3. The molecular formula is C15H24N4O2. The van der Waals surface area contributed by atoms with Crippen LogP contribution in [0.4, 0.5) is 0 Å². The van der Waals surface area contributed by atoms with Crippen LogP contribution in [0.1, 0.15) is 44.3 Å². The van der Waals surface area contributed by atoms with Crippen LogP contribution in [0.3, 0.4) is 0 Å². The molecule has 0 aromatic carbocycles. The third kappa shape index (κ3) is 2.46. The maximum Gasteiger partial charge on any atom is 0.248 e. The second-order valence-corrected chi connectivity index (χ2v) is 6.36. The Morgan fingerprint density at radius 3 is 2.95 bits per heavy atom. The molecule has 3 rings (SSSR count). The number of aryl methyl sites for hydroxylation is 1. The third-order valence-electron chi connectivity index (χ3n) is 5.04.